The number of nitrogens with one attached hydrogen (secondary N) is 1. The van der Waals surface area contributed by atoms with E-state index in [9.17, 15) is 19.8 Å². The van der Waals surface area contributed by atoms with Crippen molar-refractivity contribution in [3.63, 3.8) is 0 Å². The third-order valence-corrected chi connectivity index (χ3v) is 10.8. The van der Waals surface area contributed by atoms with Crippen LogP contribution >= 0.6 is 11.3 Å². The molecule has 5 unspecified atom stereocenters. The average Bonchev–Trinajstić information content (AvgIpc) is 3.34. The summed E-state index contributed by atoms with van der Waals surface area (Å²) in [5, 5.41) is 25.0. The van der Waals surface area contributed by atoms with E-state index in [-0.39, 0.29) is 42.1 Å². The highest BCUT2D eigenvalue weighted by Gasteiger charge is 2.59. The van der Waals surface area contributed by atoms with Crippen LogP contribution in [0.15, 0.2) is 24.3 Å². The molecule has 2 fully saturated rings. The molecule has 5 atom stereocenters. The number of hydrogen-bond acceptors (Lipinski definition) is 7. The lowest BCUT2D eigenvalue weighted by atomic mass is 9.47. The molecular formula is C30H41N3O5S. The Hall–Kier alpha value is -2.49. The number of thiazole rings is 1. The number of carbonyl (C=O) groups excluding carboxylic acids is 2. The predicted molar refractivity (Wildman–Crippen MR) is 151 cm³/mol. The van der Waals surface area contributed by atoms with Crippen LogP contribution in [0, 0.1) is 16.7 Å². The minimum atomic E-state index is -0.668. The number of piperidine rings is 1. The lowest BCUT2D eigenvalue weighted by Crippen LogP contribution is -2.57. The van der Waals surface area contributed by atoms with Gasteiger partial charge >= 0.3 is 0 Å². The summed E-state index contributed by atoms with van der Waals surface area (Å²) >= 11 is 1.46. The summed E-state index contributed by atoms with van der Waals surface area (Å²) in [7, 11) is 1.61. The number of rotatable bonds is 7. The Balaban J connectivity index is 1.43. The molecule has 0 bridgehead atoms. The van der Waals surface area contributed by atoms with Crippen LogP contribution in [0.1, 0.15) is 74.4 Å². The number of hydrogen-bond donors (Lipinski definition) is 3. The van der Waals surface area contributed by atoms with Crippen molar-refractivity contribution >= 4 is 28.3 Å². The van der Waals surface area contributed by atoms with Crippen molar-refractivity contribution in [3.8, 4) is 5.75 Å². The monoisotopic (exact) mass is 555 g/mol. The summed E-state index contributed by atoms with van der Waals surface area (Å²) in [6, 6.07) is 7.42. The highest BCUT2D eigenvalue weighted by molar-refractivity contribution is 7.15. The highest BCUT2D eigenvalue weighted by atomic mass is 32.1. The Bertz CT molecular complexity index is 1190. The van der Waals surface area contributed by atoms with Gasteiger partial charge in [-0.25, -0.2) is 4.98 Å². The smallest absolute Gasteiger partial charge is 0.230 e. The molecule has 1 aromatic carbocycles. The maximum Gasteiger partial charge on any atom is 0.230 e. The first kappa shape index (κ1) is 28.1. The van der Waals surface area contributed by atoms with Crippen LogP contribution < -0.4 is 10.1 Å². The first-order valence-electron chi connectivity index (χ1n) is 14.2. The van der Waals surface area contributed by atoms with Gasteiger partial charge in [-0.2, -0.15) is 0 Å². The Morgan fingerprint density at radius 3 is 2.56 bits per heavy atom. The van der Waals surface area contributed by atoms with Gasteiger partial charge in [-0.15, -0.1) is 11.3 Å². The minimum absolute atomic E-state index is 0.00583. The fourth-order valence-corrected chi connectivity index (χ4v) is 8.32. The number of carbonyl (C=O) groups is 2. The second-order valence-corrected chi connectivity index (χ2v) is 13.2. The second kappa shape index (κ2) is 11.2. The van der Waals surface area contributed by atoms with E-state index >= 15 is 0 Å². The lowest BCUT2D eigenvalue weighted by molar-refractivity contribution is -0.147. The molecule has 39 heavy (non-hydrogen) atoms. The molecule has 3 N–H and O–H groups in total. The van der Waals surface area contributed by atoms with E-state index in [0.29, 0.717) is 24.4 Å². The van der Waals surface area contributed by atoms with Crippen LogP contribution in [0.2, 0.25) is 0 Å². The quantitative estimate of drug-likeness (QED) is 0.473. The molecule has 3 aliphatic rings. The van der Waals surface area contributed by atoms with Gasteiger partial charge in [0, 0.05) is 35.7 Å². The van der Waals surface area contributed by atoms with E-state index < -0.39 is 11.5 Å². The molecule has 2 heterocycles. The second-order valence-electron chi connectivity index (χ2n) is 12.1. The molecule has 1 saturated heterocycles. The van der Waals surface area contributed by atoms with Crippen molar-refractivity contribution in [1.82, 2.24) is 9.88 Å². The number of methoxy groups -OCH3 is 1. The van der Waals surface area contributed by atoms with E-state index in [0.717, 1.165) is 60.7 Å². The molecule has 2 aromatic rings. The standard InChI is InChI=1S/C30H41N3O5S/c1-29-12-11-24(35)30(2,18-34)23(29)17-22-27(21(29)16-26(37)33-13-5-4-6-14-33)32-28(39-22)31-25(36)15-19-7-9-20(38-3)10-8-19/h7-10,21,23-24,34-35H,4-6,11-18H2,1-3H3,(H,31,32,36). The molecule has 9 heteroatoms. The molecule has 1 aromatic heterocycles. The van der Waals surface area contributed by atoms with Crippen LogP contribution in [0.25, 0.3) is 0 Å². The van der Waals surface area contributed by atoms with Gasteiger partial charge in [-0.05, 0) is 67.6 Å². The number of aliphatic hydroxyl groups is 2. The van der Waals surface area contributed by atoms with Crippen molar-refractivity contribution in [1.29, 1.82) is 0 Å². The Kier molecular flexibility index (Phi) is 8.04. The molecule has 212 valence electrons. The first-order chi connectivity index (χ1) is 18.7. The highest BCUT2D eigenvalue weighted by Crippen LogP contribution is 2.63. The fourth-order valence-electron chi connectivity index (χ4n) is 7.24. The topological polar surface area (TPSA) is 112 Å². The van der Waals surface area contributed by atoms with Crippen molar-refractivity contribution in [3.05, 3.63) is 40.4 Å². The molecular weight excluding hydrogens is 514 g/mol. The van der Waals surface area contributed by atoms with Gasteiger partial charge in [0.1, 0.15) is 5.75 Å². The lowest BCUT2D eigenvalue weighted by Gasteiger charge is -2.58. The number of amides is 2. The zero-order chi connectivity index (χ0) is 27.8. The zero-order valence-electron chi connectivity index (χ0n) is 23.2. The summed E-state index contributed by atoms with van der Waals surface area (Å²) in [6.07, 6.45) is 5.24. The van der Waals surface area contributed by atoms with E-state index in [1.165, 1.54) is 11.3 Å². The number of fused-ring (bicyclic) bond motifs is 2. The number of ether oxygens (including phenoxy) is 1. The van der Waals surface area contributed by atoms with Gasteiger partial charge in [0.2, 0.25) is 11.8 Å². The summed E-state index contributed by atoms with van der Waals surface area (Å²) in [5.41, 5.74) is 0.818. The normalized spacial score (nSPS) is 30.3. The van der Waals surface area contributed by atoms with Crippen LogP contribution in [0.3, 0.4) is 0 Å². The summed E-state index contributed by atoms with van der Waals surface area (Å²) in [5.74, 6) is 0.608. The number of anilines is 1. The number of aromatic nitrogens is 1. The van der Waals surface area contributed by atoms with Gasteiger partial charge in [0.05, 0.1) is 31.9 Å². The predicted octanol–water partition coefficient (Wildman–Crippen LogP) is 4.15. The van der Waals surface area contributed by atoms with Crippen LogP contribution in [0.4, 0.5) is 5.13 Å². The molecule has 0 spiro atoms. The third kappa shape index (κ3) is 5.33. The average molecular weight is 556 g/mol. The largest absolute Gasteiger partial charge is 0.497 e. The summed E-state index contributed by atoms with van der Waals surface area (Å²) in [6.45, 7) is 5.69. The molecule has 5 rings (SSSR count). The van der Waals surface area contributed by atoms with Crippen molar-refractivity contribution in [2.75, 3.05) is 32.1 Å². The Morgan fingerprint density at radius 1 is 1.18 bits per heavy atom. The molecule has 1 saturated carbocycles. The van der Waals surface area contributed by atoms with Crippen molar-refractivity contribution in [2.24, 2.45) is 16.7 Å². The molecule has 0 radical (unpaired) electrons. The number of benzene rings is 1. The van der Waals surface area contributed by atoms with E-state index in [1.807, 2.05) is 36.1 Å². The summed E-state index contributed by atoms with van der Waals surface area (Å²) < 4.78 is 5.20. The van der Waals surface area contributed by atoms with Gasteiger partial charge in [0.15, 0.2) is 5.13 Å². The van der Waals surface area contributed by atoms with Crippen LogP contribution in [-0.4, -0.2) is 64.8 Å². The maximum atomic E-state index is 13.5. The van der Waals surface area contributed by atoms with Crippen LogP contribution in [0.5, 0.6) is 5.75 Å². The molecule has 1 aliphatic heterocycles. The van der Waals surface area contributed by atoms with Crippen molar-refractivity contribution in [2.45, 2.75) is 77.2 Å². The fraction of sp³-hybridized carbons (Fsp3) is 0.633. The number of nitrogens with zero attached hydrogens (tertiary/aromatic N) is 2. The van der Waals surface area contributed by atoms with Crippen LogP contribution in [-0.2, 0) is 22.4 Å². The third-order valence-electron chi connectivity index (χ3n) is 9.75. The van der Waals surface area contributed by atoms with Gasteiger partial charge in [0.25, 0.3) is 0 Å². The molecule has 2 aliphatic carbocycles. The van der Waals surface area contributed by atoms with Gasteiger partial charge in [-0.1, -0.05) is 26.0 Å². The molecule has 2 amide bonds. The van der Waals surface area contributed by atoms with Gasteiger partial charge in [-0.3, -0.25) is 9.59 Å². The summed E-state index contributed by atoms with van der Waals surface area (Å²) in [4.78, 5) is 34.4. The van der Waals surface area contributed by atoms with E-state index in [4.69, 9.17) is 9.72 Å². The number of aliphatic hydroxyl groups excluding tert-OH is 2. The Labute approximate surface area is 234 Å². The van der Waals surface area contributed by atoms with Gasteiger partial charge < -0.3 is 25.2 Å². The zero-order valence-corrected chi connectivity index (χ0v) is 24.1. The number of likely N-dealkylation sites (tertiary alicyclic amines) is 1. The van der Waals surface area contributed by atoms with E-state index in [2.05, 4.69) is 12.2 Å². The Morgan fingerprint density at radius 2 is 1.90 bits per heavy atom. The molecule has 8 nitrogen and oxygen atoms in total. The minimum Gasteiger partial charge on any atom is -0.497 e. The first-order valence-corrected chi connectivity index (χ1v) is 15.0. The van der Waals surface area contributed by atoms with Crippen molar-refractivity contribution < 1.29 is 24.5 Å². The SMILES string of the molecule is COc1ccc(CC(=O)Nc2nc3c(s2)CC2C(C)(CO)C(O)CCC2(C)C3CC(=O)N2CCCCC2)cc1. The van der Waals surface area contributed by atoms with E-state index in [1.54, 1.807) is 7.11 Å². The maximum absolute atomic E-state index is 13.5.